The molecule has 0 bridgehead atoms. The number of rotatable bonds is 2. The molecule has 0 unspecified atom stereocenters. The van der Waals surface area contributed by atoms with Crippen LogP contribution >= 0.6 is 0 Å². The largest absolute Gasteiger partial charge is 0.423 e. The van der Waals surface area contributed by atoms with Crippen LogP contribution < -0.4 is 4.74 Å². The van der Waals surface area contributed by atoms with E-state index in [-0.39, 0.29) is 5.75 Å². The minimum Gasteiger partial charge on any atom is -0.423 e. The first-order valence-electron chi connectivity index (χ1n) is 5.41. The van der Waals surface area contributed by atoms with Crippen molar-refractivity contribution in [3.63, 3.8) is 0 Å². The molecule has 0 aliphatic carbocycles. The lowest BCUT2D eigenvalue weighted by Gasteiger charge is -2.08. The zero-order chi connectivity index (χ0) is 14.0. The van der Waals surface area contributed by atoms with Crippen LogP contribution in [0, 0.1) is 24.4 Å². The first kappa shape index (κ1) is 13.1. The summed E-state index contributed by atoms with van der Waals surface area (Å²) in [4.78, 5) is 11.7. The van der Waals surface area contributed by atoms with Gasteiger partial charge in [0.25, 0.3) is 0 Å². The minimum atomic E-state index is -1.30. The second-order valence-corrected chi connectivity index (χ2v) is 3.90. The molecule has 0 heterocycles. The Hall–Kier alpha value is -2.30. The standard InChI is InChI=1S/C14H9F3O2/c1-8-4-2-3-5-12(8)19-14(18)13-10(16)6-9(15)7-11(13)17/h2-7H,1H3. The molecule has 0 saturated carbocycles. The van der Waals surface area contributed by atoms with Crippen LogP contribution in [0.25, 0.3) is 0 Å². The van der Waals surface area contributed by atoms with Gasteiger partial charge < -0.3 is 4.74 Å². The highest BCUT2D eigenvalue weighted by atomic mass is 19.1. The van der Waals surface area contributed by atoms with Crippen molar-refractivity contribution in [3.05, 3.63) is 65.0 Å². The van der Waals surface area contributed by atoms with Crippen LogP contribution in [0.15, 0.2) is 36.4 Å². The Kier molecular flexibility index (Phi) is 3.55. The molecule has 2 nitrogen and oxygen atoms in total. The molecule has 0 atom stereocenters. The van der Waals surface area contributed by atoms with Gasteiger partial charge in [-0.3, -0.25) is 0 Å². The molecule has 0 aliphatic rings. The maximum Gasteiger partial charge on any atom is 0.349 e. The third-order valence-corrected chi connectivity index (χ3v) is 2.51. The van der Waals surface area contributed by atoms with E-state index in [2.05, 4.69) is 0 Å². The zero-order valence-corrected chi connectivity index (χ0v) is 9.91. The van der Waals surface area contributed by atoms with E-state index in [1.807, 2.05) is 0 Å². The monoisotopic (exact) mass is 266 g/mol. The van der Waals surface area contributed by atoms with E-state index in [4.69, 9.17) is 4.74 Å². The molecule has 0 radical (unpaired) electrons. The fourth-order valence-electron chi connectivity index (χ4n) is 1.56. The number of halogens is 3. The Morgan fingerprint density at radius 2 is 1.63 bits per heavy atom. The molecule has 0 spiro atoms. The van der Waals surface area contributed by atoms with Crippen molar-refractivity contribution in [1.29, 1.82) is 0 Å². The van der Waals surface area contributed by atoms with Crippen molar-refractivity contribution >= 4 is 5.97 Å². The summed E-state index contributed by atoms with van der Waals surface area (Å²) in [6.07, 6.45) is 0. The van der Waals surface area contributed by atoms with E-state index < -0.39 is 29.0 Å². The molecule has 0 aromatic heterocycles. The molecule has 0 amide bonds. The van der Waals surface area contributed by atoms with Crippen LogP contribution in [0.5, 0.6) is 5.75 Å². The summed E-state index contributed by atoms with van der Waals surface area (Å²) in [5.41, 5.74) is -0.275. The lowest BCUT2D eigenvalue weighted by Crippen LogP contribution is -2.14. The third-order valence-electron chi connectivity index (χ3n) is 2.51. The molecule has 0 saturated heterocycles. The number of hydrogen-bond acceptors (Lipinski definition) is 2. The summed E-state index contributed by atoms with van der Waals surface area (Å²) in [6, 6.07) is 7.38. The lowest BCUT2D eigenvalue weighted by atomic mass is 10.2. The molecule has 98 valence electrons. The van der Waals surface area contributed by atoms with Gasteiger partial charge in [0.15, 0.2) is 0 Å². The number of carbonyl (C=O) groups is 1. The number of aryl methyl sites for hydroxylation is 1. The van der Waals surface area contributed by atoms with Gasteiger partial charge in [0.1, 0.15) is 28.8 Å². The fourth-order valence-corrected chi connectivity index (χ4v) is 1.56. The lowest BCUT2D eigenvalue weighted by molar-refractivity contribution is 0.0723. The Morgan fingerprint density at radius 3 is 2.21 bits per heavy atom. The van der Waals surface area contributed by atoms with Crippen LogP contribution in [-0.2, 0) is 0 Å². The van der Waals surface area contributed by atoms with Gasteiger partial charge in [0.05, 0.1) is 0 Å². The van der Waals surface area contributed by atoms with Crippen LogP contribution in [0.3, 0.4) is 0 Å². The summed E-state index contributed by atoms with van der Waals surface area (Å²) in [6.45, 7) is 1.68. The minimum absolute atomic E-state index is 0.190. The van der Waals surface area contributed by atoms with E-state index in [1.165, 1.54) is 6.07 Å². The molecular formula is C14H9F3O2. The average Bonchev–Trinajstić information content (AvgIpc) is 2.30. The predicted molar refractivity (Wildman–Crippen MR) is 62.5 cm³/mol. The van der Waals surface area contributed by atoms with E-state index in [0.29, 0.717) is 17.7 Å². The predicted octanol–water partition coefficient (Wildman–Crippen LogP) is 3.63. The van der Waals surface area contributed by atoms with Crippen molar-refractivity contribution in [2.75, 3.05) is 0 Å². The van der Waals surface area contributed by atoms with Gasteiger partial charge in [0.2, 0.25) is 0 Å². The van der Waals surface area contributed by atoms with Crippen LogP contribution in [0.1, 0.15) is 15.9 Å². The van der Waals surface area contributed by atoms with Gasteiger partial charge in [-0.05, 0) is 18.6 Å². The third kappa shape index (κ3) is 2.76. The van der Waals surface area contributed by atoms with Crippen LogP contribution in [0.4, 0.5) is 13.2 Å². The van der Waals surface area contributed by atoms with Crippen molar-refractivity contribution in [1.82, 2.24) is 0 Å². The topological polar surface area (TPSA) is 26.3 Å². The number of ether oxygens (including phenoxy) is 1. The van der Waals surface area contributed by atoms with E-state index >= 15 is 0 Å². The molecule has 2 rings (SSSR count). The Morgan fingerprint density at radius 1 is 1.05 bits per heavy atom. The summed E-state index contributed by atoms with van der Waals surface area (Å²) < 4.78 is 44.4. The molecule has 0 fully saturated rings. The maximum atomic E-state index is 13.4. The molecular weight excluding hydrogens is 257 g/mol. The van der Waals surface area contributed by atoms with E-state index in [1.54, 1.807) is 25.1 Å². The number of hydrogen-bond donors (Lipinski definition) is 0. The molecule has 2 aromatic carbocycles. The second kappa shape index (κ2) is 5.14. The number of carbonyl (C=O) groups excluding carboxylic acids is 1. The first-order chi connectivity index (χ1) is 8.99. The number of benzene rings is 2. The van der Waals surface area contributed by atoms with E-state index in [0.717, 1.165) is 0 Å². The highest BCUT2D eigenvalue weighted by Gasteiger charge is 2.21. The molecule has 5 heteroatoms. The van der Waals surface area contributed by atoms with E-state index in [9.17, 15) is 18.0 Å². The Bertz CT molecular complexity index is 615. The molecule has 2 aromatic rings. The molecule has 0 N–H and O–H groups in total. The summed E-state index contributed by atoms with van der Waals surface area (Å²) in [7, 11) is 0. The Labute approximate surface area is 107 Å². The fraction of sp³-hybridized carbons (Fsp3) is 0.0714. The summed E-state index contributed by atoms with van der Waals surface area (Å²) in [5, 5.41) is 0. The van der Waals surface area contributed by atoms with Gasteiger partial charge >= 0.3 is 5.97 Å². The first-order valence-corrected chi connectivity index (χ1v) is 5.41. The van der Waals surface area contributed by atoms with Crippen molar-refractivity contribution in [3.8, 4) is 5.75 Å². The number of esters is 1. The second-order valence-electron chi connectivity index (χ2n) is 3.90. The molecule has 19 heavy (non-hydrogen) atoms. The van der Waals surface area contributed by atoms with Gasteiger partial charge in [-0.25, -0.2) is 18.0 Å². The maximum absolute atomic E-state index is 13.4. The highest BCUT2D eigenvalue weighted by Crippen LogP contribution is 2.21. The zero-order valence-electron chi connectivity index (χ0n) is 9.91. The SMILES string of the molecule is Cc1ccccc1OC(=O)c1c(F)cc(F)cc1F. The smallest absolute Gasteiger partial charge is 0.349 e. The van der Waals surface area contributed by atoms with Crippen molar-refractivity contribution in [2.24, 2.45) is 0 Å². The number of para-hydroxylation sites is 1. The quantitative estimate of drug-likeness (QED) is 0.613. The van der Waals surface area contributed by atoms with Crippen molar-refractivity contribution in [2.45, 2.75) is 6.92 Å². The van der Waals surface area contributed by atoms with Crippen LogP contribution in [0.2, 0.25) is 0 Å². The normalized spacial score (nSPS) is 10.3. The van der Waals surface area contributed by atoms with Gasteiger partial charge in [-0.15, -0.1) is 0 Å². The molecule has 0 aliphatic heterocycles. The highest BCUT2D eigenvalue weighted by molar-refractivity contribution is 5.91. The van der Waals surface area contributed by atoms with Gasteiger partial charge in [-0.1, -0.05) is 18.2 Å². The summed E-state index contributed by atoms with van der Waals surface area (Å²) in [5.74, 6) is -4.70. The summed E-state index contributed by atoms with van der Waals surface area (Å²) >= 11 is 0. The Balaban J connectivity index is 2.34. The van der Waals surface area contributed by atoms with Gasteiger partial charge in [0, 0.05) is 12.1 Å². The van der Waals surface area contributed by atoms with Gasteiger partial charge in [-0.2, -0.15) is 0 Å². The van der Waals surface area contributed by atoms with Crippen LogP contribution in [-0.4, -0.2) is 5.97 Å². The van der Waals surface area contributed by atoms with Crippen molar-refractivity contribution < 1.29 is 22.7 Å². The average molecular weight is 266 g/mol.